The third-order valence-corrected chi connectivity index (χ3v) is 3.22. The van der Waals surface area contributed by atoms with Crippen LogP contribution in [0, 0.1) is 27.2 Å². The van der Waals surface area contributed by atoms with Crippen molar-refractivity contribution in [2.75, 3.05) is 5.88 Å². The van der Waals surface area contributed by atoms with Crippen LogP contribution in [0.5, 0.6) is 0 Å². The van der Waals surface area contributed by atoms with Crippen LogP contribution in [0.1, 0.15) is 5.82 Å². The zero-order chi connectivity index (χ0) is 16.4. The summed E-state index contributed by atoms with van der Waals surface area (Å²) in [5.74, 6) is -2.37. The lowest BCUT2D eigenvalue weighted by Gasteiger charge is -2.14. The molecular weight excluding hydrogens is 335 g/mol. The van der Waals surface area contributed by atoms with Gasteiger partial charge in [0.1, 0.15) is 12.6 Å². The van der Waals surface area contributed by atoms with E-state index in [4.69, 9.17) is 21.4 Å². The van der Waals surface area contributed by atoms with Gasteiger partial charge in [0.15, 0.2) is 0 Å². The van der Waals surface area contributed by atoms with Crippen molar-refractivity contribution in [1.29, 1.82) is 0 Å². The van der Waals surface area contributed by atoms with Crippen LogP contribution in [0.3, 0.4) is 0 Å². The number of imidazole rings is 1. The third kappa shape index (κ3) is 4.44. The number of halogens is 1. The maximum absolute atomic E-state index is 10.9. The SMILES string of the molecule is Cc1nc([N+](=O)[O-])c([N+](=O)[O-])n1C[C@@H](CCl)OP(=O)(O)O. The van der Waals surface area contributed by atoms with Gasteiger partial charge in [-0.15, -0.1) is 11.6 Å². The second-order valence-electron chi connectivity index (χ2n) is 3.80. The second kappa shape index (κ2) is 6.45. The molecule has 0 amide bonds. The van der Waals surface area contributed by atoms with E-state index in [1.807, 2.05) is 0 Å². The molecule has 21 heavy (non-hydrogen) atoms. The van der Waals surface area contributed by atoms with Crippen molar-refractivity contribution in [2.45, 2.75) is 19.6 Å². The number of rotatable bonds is 7. The Balaban J connectivity index is 3.20. The number of phosphoric ester groups is 1. The summed E-state index contributed by atoms with van der Waals surface area (Å²) in [4.78, 5) is 40.5. The van der Waals surface area contributed by atoms with Gasteiger partial charge in [-0.25, -0.2) is 4.57 Å². The highest BCUT2D eigenvalue weighted by atomic mass is 35.5. The highest BCUT2D eigenvalue weighted by molar-refractivity contribution is 7.46. The van der Waals surface area contributed by atoms with E-state index in [1.54, 1.807) is 0 Å². The summed E-state index contributed by atoms with van der Waals surface area (Å²) < 4.78 is 15.9. The van der Waals surface area contributed by atoms with E-state index in [-0.39, 0.29) is 5.82 Å². The highest BCUT2D eigenvalue weighted by Crippen LogP contribution is 2.38. The van der Waals surface area contributed by atoms with Crippen LogP contribution in [0.25, 0.3) is 0 Å². The Labute approximate surface area is 121 Å². The van der Waals surface area contributed by atoms with Gasteiger partial charge in [-0.05, 0) is 9.85 Å². The molecule has 1 aromatic rings. The average Bonchev–Trinajstić information content (AvgIpc) is 2.64. The minimum atomic E-state index is -4.86. The lowest BCUT2D eigenvalue weighted by molar-refractivity contribution is -0.428. The molecule has 0 aliphatic heterocycles. The Morgan fingerprint density at radius 1 is 1.43 bits per heavy atom. The van der Waals surface area contributed by atoms with Crippen LogP contribution in [0.2, 0.25) is 0 Å². The number of phosphoric acid groups is 1. The Morgan fingerprint density at radius 2 is 2.00 bits per heavy atom. The van der Waals surface area contributed by atoms with E-state index in [0.717, 1.165) is 4.57 Å². The molecule has 1 aromatic heterocycles. The molecule has 0 aliphatic carbocycles. The molecule has 0 aliphatic rings. The Kier molecular flexibility index (Phi) is 5.36. The predicted molar refractivity (Wildman–Crippen MR) is 67.9 cm³/mol. The van der Waals surface area contributed by atoms with E-state index < -0.39 is 47.8 Å². The van der Waals surface area contributed by atoms with E-state index in [9.17, 15) is 24.8 Å². The van der Waals surface area contributed by atoms with E-state index in [1.165, 1.54) is 6.92 Å². The summed E-state index contributed by atoms with van der Waals surface area (Å²) in [6.07, 6.45) is -1.29. The first kappa shape index (κ1) is 17.5. The molecule has 14 heteroatoms. The van der Waals surface area contributed by atoms with Crippen molar-refractivity contribution in [2.24, 2.45) is 0 Å². The number of nitro groups is 2. The minimum Gasteiger partial charge on any atom is -0.358 e. The van der Waals surface area contributed by atoms with Crippen molar-refractivity contribution in [3.05, 3.63) is 26.1 Å². The second-order valence-corrected chi connectivity index (χ2v) is 5.30. The lowest BCUT2D eigenvalue weighted by Crippen LogP contribution is -2.22. The molecule has 12 nitrogen and oxygen atoms in total. The molecule has 0 saturated carbocycles. The molecule has 0 unspecified atom stereocenters. The standard InChI is InChI=1S/C7H10ClN4O8P/c1-4-9-6(11(13)14)7(12(15)16)10(4)3-5(2-8)20-21(17,18)19/h5H,2-3H2,1H3,(H2,17,18,19)/t5-/m1/s1. The van der Waals surface area contributed by atoms with Gasteiger partial charge in [0.05, 0.1) is 5.88 Å². The molecule has 2 N–H and O–H groups in total. The maximum Gasteiger partial charge on any atom is 0.470 e. The van der Waals surface area contributed by atoms with E-state index >= 15 is 0 Å². The number of hydrogen-bond acceptors (Lipinski definition) is 7. The summed E-state index contributed by atoms with van der Waals surface area (Å²) in [7, 11) is -4.86. The highest BCUT2D eigenvalue weighted by Gasteiger charge is 2.37. The quantitative estimate of drug-likeness (QED) is 0.313. The van der Waals surface area contributed by atoms with Crippen molar-refractivity contribution in [3.63, 3.8) is 0 Å². The average molecular weight is 345 g/mol. The summed E-state index contributed by atoms with van der Waals surface area (Å²) in [5, 5.41) is 21.6. The Hall–Kier alpha value is -1.59. The van der Waals surface area contributed by atoms with Gasteiger partial charge >= 0.3 is 25.3 Å². The number of aromatic nitrogens is 2. The molecule has 1 atom stereocenters. The third-order valence-electron chi connectivity index (χ3n) is 2.30. The summed E-state index contributed by atoms with van der Waals surface area (Å²) in [6, 6.07) is 0. The van der Waals surface area contributed by atoms with Crippen molar-refractivity contribution < 1.29 is 28.7 Å². The fraction of sp³-hybridized carbons (Fsp3) is 0.571. The summed E-state index contributed by atoms with van der Waals surface area (Å²) in [5.41, 5.74) is 0. The topological polar surface area (TPSA) is 171 Å². The van der Waals surface area contributed by atoms with Gasteiger partial charge in [0.2, 0.25) is 0 Å². The molecule has 0 fully saturated rings. The molecule has 0 saturated heterocycles. The predicted octanol–water partition coefficient (Wildman–Crippen LogP) is 0.725. The van der Waals surface area contributed by atoms with Gasteiger partial charge in [-0.3, -0.25) is 4.52 Å². The fourth-order valence-corrected chi connectivity index (χ4v) is 2.34. The van der Waals surface area contributed by atoms with Crippen molar-refractivity contribution in [1.82, 2.24) is 9.55 Å². The molecule has 0 spiro atoms. The zero-order valence-electron chi connectivity index (χ0n) is 10.4. The van der Waals surface area contributed by atoms with Crippen LogP contribution in [-0.2, 0) is 15.6 Å². The number of hydrogen-bond donors (Lipinski definition) is 2. The number of nitrogens with zero attached hydrogens (tertiary/aromatic N) is 4. The fourth-order valence-electron chi connectivity index (χ4n) is 1.57. The number of alkyl halides is 1. The maximum atomic E-state index is 10.9. The van der Waals surface area contributed by atoms with Gasteiger partial charge in [0.25, 0.3) is 0 Å². The molecule has 1 heterocycles. The Morgan fingerprint density at radius 3 is 2.38 bits per heavy atom. The monoisotopic (exact) mass is 344 g/mol. The zero-order valence-corrected chi connectivity index (χ0v) is 12.1. The van der Waals surface area contributed by atoms with Crippen LogP contribution in [-0.4, -0.2) is 41.2 Å². The molecule has 0 aromatic carbocycles. The first-order valence-electron chi connectivity index (χ1n) is 5.22. The van der Waals surface area contributed by atoms with Crippen LogP contribution >= 0.6 is 19.4 Å². The number of aryl methyl sites for hydroxylation is 1. The van der Waals surface area contributed by atoms with E-state index in [0.29, 0.717) is 0 Å². The lowest BCUT2D eigenvalue weighted by atomic mass is 10.4. The van der Waals surface area contributed by atoms with Gasteiger partial charge in [-0.2, -0.15) is 4.57 Å². The summed E-state index contributed by atoms with van der Waals surface area (Å²) >= 11 is 5.47. The van der Waals surface area contributed by atoms with Gasteiger partial charge in [0, 0.05) is 11.9 Å². The molecule has 0 bridgehead atoms. The molecule has 1 rings (SSSR count). The van der Waals surface area contributed by atoms with Gasteiger partial charge in [-0.1, -0.05) is 0 Å². The van der Waals surface area contributed by atoms with Crippen molar-refractivity contribution >= 4 is 31.1 Å². The van der Waals surface area contributed by atoms with Gasteiger partial charge < -0.3 is 30.0 Å². The van der Waals surface area contributed by atoms with Crippen LogP contribution in [0.4, 0.5) is 11.6 Å². The summed E-state index contributed by atoms with van der Waals surface area (Å²) in [6.45, 7) is 0.792. The largest absolute Gasteiger partial charge is 0.470 e. The molecule has 0 radical (unpaired) electrons. The normalized spacial score (nSPS) is 13.1. The van der Waals surface area contributed by atoms with Crippen LogP contribution < -0.4 is 0 Å². The smallest absolute Gasteiger partial charge is 0.358 e. The first-order valence-corrected chi connectivity index (χ1v) is 7.29. The molecular formula is C7H10ClN4O8P. The first-order chi connectivity index (χ1) is 9.56. The Bertz CT molecular complexity index is 612. The van der Waals surface area contributed by atoms with E-state index in [2.05, 4.69) is 9.51 Å². The van der Waals surface area contributed by atoms with Crippen LogP contribution in [0.15, 0.2) is 0 Å². The molecule has 118 valence electrons. The van der Waals surface area contributed by atoms with Crippen molar-refractivity contribution in [3.8, 4) is 0 Å². The minimum absolute atomic E-state index is 0.0853.